The summed E-state index contributed by atoms with van der Waals surface area (Å²) in [5, 5.41) is 4.89. The van der Waals surface area contributed by atoms with Crippen LogP contribution in [0, 0.1) is 6.92 Å². The Balaban J connectivity index is 1.69. The Morgan fingerprint density at radius 3 is 2.56 bits per heavy atom. The lowest BCUT2D eigenvalue weighted by Crippen LogP contribution is -2.17. The number of carbonyl (C=O) groups is 1. The number of aryl methyl sites for hydroxylation is 2. The highest BCUT2D eigenvalue weighted by Gasteiger charge is 2.15. The molecule has 1 aromatic heterocycles. The summed E-state index contributed by atoms with van der Waals surface area (Å²) in [5.41, 5.74) is 6.52. The van der Waals surface area contributed by atoms with Crippen molar-refractivity contribution in [3.05, 3.63) is 76.3 Å². The molecular weight excluding hydrogens is 330 g/mol. The zero-order valence-electron chi connectivity index (χ0n) is 14.2. The zero-order valence-corrected chi connectivity index (χ0v) is 15.0. The number of aromatic nitrogens is 1. The third kappa shape index (κ3) is 4.19. The minimum absolute atomic E-state index is 0.237. The largest absolute Gasteiger partial charge is 0.283 e. The molecule has 0 atom stereocenters. The molecule has 5 heteroatoms. The summed E-state index contributed by atoms with van der Waals surface area (Å²) >= 11 is 1.37. The molecule has 0 saturated carbocycles. The normalized spacial score (nSPS) is 11.0. The number of nitrogens with zero attached hydrogens (tertiary/aromatic N) is 2. The van der Waals surface area contributed by atoms with E-state index in [-0.39, 0.29) is 5.91 Å². The molecule has 0 radical (unpaired) electrons. The van der Waals surface area contributed by atoms with Crippen LogP contribution in [-0.2, 0) is 6.42 Å². The van der Waals surface area contributed by atoms with E-state index in [2.05, 4.69) is 34.6 Å². The molecule has 4 nitrogen and oxygen atoms in total. The molecule has 3 aromatic rings. The summed E-state index contributed by atoms with van der Waals surface area (Å²) < 4.78 is 0. The SMILES string of the molecule is CCc1ccc(/C=N/NC(=O)c2sc(-c3ccccc3)nc2C)cc1. The number of nitrogens with one attached hydrogen (secondary N) is 1. The Kier molecular flexibility index (Phi) is 5.36. The number of amides is 1. The minimum atomic E-state index is -0.237. The summed E-state index contributed by atoms with van der Waals surface area (Å²) in [6.07, 6.45) is 2.65. The molecule has 0 bridgehead atoms. The van der Waals surface area contributed by atoms with Gasteiger partial charge in [-0.25, -0.2) is 10.4 Å². The Morgan fingerprint density at radius 1 is 1.16 bits per heavy atom. The summed E-state index contributed by atoms with van der Waals surface area (Å²) in [7, 11) is 0. The monoisotopic (exact) mass is 349 g/mol. The Hall–Kier alpha value is -2.79. The highest BCUT2D eigenvalue weighted by Crippen LogP contribution is 2.27. The van der Waals surface area contributed by atoms with Crippen LogP contribution in [0.1, 0.15) is 33.4 Å². The standard InChI is InChI=1S/C20H19N3OS/c1-3-15-9-11-16(12-10-15)13-21-23-19(24)18-14(2)22-20(25-18)17-7-5-4-6-8-17/h4-13H,3H2,1-2H3,(H,23,24)/b21-13+. The first-order chi connectivity index (χ1) is 12.2. The number of carbonyl (C=O) groups excluding carboxylic acids is 1. The van der Waals surface area contributed by atoms with Gasteiger partial charge in [0.2, 0.25) is 0 Å². The third-order valence-electron chi connectivity index (χ3n) is 3.79. The molecule has 0 aliphatic rings. The van der Waals surface area contributed by atoms with Gasteiger partial charge in [-0.1, -0.05) is 61.5 Å². The van der Waals surface area contributed by atoms with E-state index in [1.165, 1.54) is 16.9 Å². The van der Waals surface area contributed by atoms with Gasteiger partial charge < -0.3 is 0 Å². The fourth-order valence-electron chi connectivity index (χ4n) is 2.37. The highest BCUT2D eigenvalue weighted by molar-refractivity contribution is 7.17. The summed E-state index contributed by atoms with van der Waals surface area (Å²) in [5.74, 6) is -0.237. The van der Waals surface area contributed by atoms with E-state index in [1.807, 2.05) is 49.4 Å². The Bertz CT molecular complexity index is 883. The molecule has 0 fully saturated rings. The second-order valence-electron chi connectivity index (χ2n) is 5.59. The van der Waals surface area contributed by atoms with Gasteiger partial charge in [0.25, 0.3) is 5.91 Å². The maximum atomic E-state index is 12.3. The topological polar surface area (TPSA) is 54.4 Å². The van der Waals surface area contributed by atoms with Gasteiger partial charge in [-0.05, 0) is 24.5 Å². The van der Waals surface area contributed by atoms with E-state index in [0.29, 0.717) is 10.6 Å². The Labute approximate surface area is 151 Å². The molecule has 0 unspecified atom stereocenters. The summed E-state index contributed by atoms with van der Waals surface area (Å²) in [4.78, 5) is 17.4. The molecule has 1 heterocycles. The maximum Gasteiger partial charge on any atom is 0.283 e. The molecule has 0 spiro atoms. The van der Waals surface area contributed by atoms with E-state index in [1.54, 1.807) is 6.21 Å². The van der Waals surface area contributed by atoms with Gasteiger partial charge >= 0.3 is 0 Å². The first-order valence-electron chi connectivity index (χ1n) is 8.12. The third-order valence-corrected chi connectivity index (χ3v) is 5.00. The molecule has 0 aliphatic carbocycles. The molecule has 126 valence electrons. The van der Waals surface area contributed by atoms with Crippen LogP contribution < -0.4 is 5.43 Å². The quantitative estimate of drug-likeness (QED) is 0.547. The van der Waals surface area contributed by atoms with Crippen molar-refractivity contribution in [2.24, 2.45) is 5.10 Å². The van der Waals surface area contributed by atoms with Gasteiger partial charge in [0.05, 0.1) is 11.9 Å². The number of rotatable bonds is 5. The average molecular weight is 349 g/mol. The van der Waals surface area contributed by atoms with Crippen molar-refractivity contribution in [3.63, 3.8) is 0 Å². The molecule has 3 rings (SSSR count). The van der Waals surface area contributed by atoms with Gasteiger partial charge in [0.15, 0.2) is 0 Å². The molecule has 2 aromatic carbocycles. The molecule has 0 aliphatic heterocycles. The van der Waals surface area contributed by atoms with Crippen LogP contribution in [0.15, 0.2) is 59.7 Å². The number of hydrazone groups is 1. The van der Waals surface area contributed by atoms with E-state index >= 15 is 0 Å². The second-order valence-corrected chi connectivity index (χ2v) is 6.59. The van der Waals surface area contributed by atoms with Crippen LogP contribution in [0.4, 0.5) is 0 Å². The molecule has 1 N–H and O–H groups in total. The Morgan fingerprint density at radius 2 is 1.88 bits per heavy atom. The van der Waals surface area contributed by atoms with Crippen LogP contribution in [0.25, 0.3) is 10.6 Å². The summed E-state index contributed by atoms with van der Waals surface area (Å²) in [6, 6.07) is 17.9. The van der Waals surface area contributed by atoms with Gasteiger partial charge in [-0.15, -0.1) is 11.3 Å². The first-order valence-corrected chi connectivity index (χ1v) is 8.94. The van der Waals surface area contributed by atoms with Gasteiger partial charge in [0.1, 0.15) is 9.88 Å². The lowest BCUT2D eigenvalue weighted by atomic mass is 10.1. The first kappa shape index (κ1) is 17.0. The van der Waals surface area contributed by atoms with Crippen LogP contribution in [-0.4, -0.2) is 17.1 Å². The molecule has 25 heavy (non-hydrogen) atoms. The van der Waals surface area contributed by atoms with Crippen molar-refractivity contribution >= 4 is 23.5 Å². The van der Waals surface area contributed by atoms with E-state index < -0.39 is 0 Å². The van der Waals surface area contributed by atoms with Crippen molar-refractivity contribution in [3.8, 4) is 10.6 Å². The van der Waals surface area contributed by atoms with E-state index in [4.69, 9.17) is 0 Å². The highest BCUT2D eigenvalue weighted by atomic mass is 32.1. The van der Waals surface area contributed by atoms with Crippen molar-refractivity contribution in [1.29, 1.82) is 0 Å². The van der Waals surface area contributed by atoms with Gasteiger partial charge in [-0.3, -0.25) is 4.79 Å². The minimum Gasteiger partial charge on any atom is -0.266 e. The van der Waals surface area contributed by atoms with E-state index in [9.17, 15) is 4.79 Å². The number of thiazole rings is 1. The fraction of sp³-hybridized carbons (Fsp3) is 0.150. The fourth-order valence-corrected chi connectivity index (χ4v) is 3.33. The molecular formula is C20H19N3OS. The van der Waals surface area contributed by atoms with Crippen LogP contribution in [0.5, 0.6) is 0 Å². The van der Waals surface area contributed by atoms with Gasteiger partial charge in [-0.2, -0.15) is 5.10 Å². The predicted octanol–water partition coefficient (Wildman–Crippen LogP) is 4.44. The van der Waals surface area contributed by atoms with Crippen molar-refractivity contribution < 1.29 is 4.79 Å². The smallest absolute Gasteiger partial charge is 0.266 e. The molecule has 0 saturated heterocycles. The number of benzene rings is 2. The van der Waals surface area contributed by atoms with Crippen LogP contribution in [0.2, 0.25) is 0 Å². The van der Waals surface area contributed by atoms with Gasteiger partial charge in [0, 0.05) is 5.56 Å². The zero-order chi connectivity index (χ0) is 17.6. The lowest BCUT2D eigenvalue weighted by Gasteiger charge is -1.98. The second kappa shape index (κ2) is 7.85. The predicted molar refractivity (Wildman–Crippen MR) is 103 cm³/mol. The lowest BCUT2D eigenvalue weighted by molar-refractivity contribution is 0.0958. The summed E-state index contributed by atoms with van der Waals surface area (Å²) in [6.45, 7) is 3.95. The maximum absolute atomic E-state index is 12.3. The molecule has 1 amide bonds. The average Bonchev–Trinajstić information content (AvgIpc) is 3.05. The van der Waals surface area contributed by atoms with Crippen molar-refractivity contribution in [2.75, 3.05) is 0 Å². The van der Waals surface area contributed by atoms with Crippen LogP contribution in [0.3, 0.4) is 0 Å². The van der Waals surface area contributed by atoms with E-state index in [0.717, 1.165) is 22.6 Å². The van der Waals surface area contributed by atoms with Crippen molar-refractivity contribution in [2.45, 2.75) is 20.3 Å². The van der Waals surface area contributed by atoms with Crippen molar-refractivity contribution in [1.82, 2.24) is 10.4 Å². The number of hydrogen-bond donors (Lipinski definition) is 1. The number of hydrogen-bond acceptors (Lipinski definition) is 4. The van der Waals surface area contributed by atoms with Crippen LogP contribution >= 0.6 is 11.3 Å².